The van der Waals surface area contributed by atoms with E-state index < -0.39 is 0 Å². The lowest BCUT2D eigenvalue weighted by atomic mass is 9.81. The Labute approximate surface area is 302 Å². The van der Waals surface area contributed by atoms with Crippen LogP contribution >= 0.6 is 11.3 Å². The van der Waals surface area contributed by atoms with E-state index in [0.29, 0.717) is 0 Å². The second kappa shape index (κ2) is 11.6. The number of benzene rings is 8. The molecule has 0 fully saturated rings. The van der Waals surface area contributed by atoms with E-state index in [1.165, 1.54) is 75.5 Å². The summed E-state index contributed by atoms with van der Waals surface area (Å²) in [7, 11) is 0. The molecule has 0 bridgehead atoms. The van der Waals surface area contributed by atoms with Crippen molar-refractivity contribution in [3.63, 3.8) is 0 Å². The molecule has 2 heteroatoms. The van der Waals surface area contributed by atoms with Gasteiger partial charge in [-0.25, -0.2) is 0 Å². The lowest BCUT2D eigenvalue weighted by molar-refractivity contribution is 0.661. The van der Waals surface area contributed by atoms with Gasteiger partial charge in [-0.1, -0.05) is 141 Å². The lowest BCUT2D eigenvalue weighted by Gasteiger charge is -2.30. The number of hydrogen-bond donors (Lipinski definition) is 0. The monoisotopic (exact) mass is 669 g/mol. The first-order valence-electron chi connectivity index (χ1n) is 17.7. The Bertz CT molecular complexity index is 2790. The third-order valence-electron chi connectivity index (χ3n) is 10.9. The number of rotatable bonds is 5. The van der Waals surface area contributed by atoms with E-state index in [4.69, 9.17) is 0 Å². The summed E-state index contributed by atoms with van der Waals surface area (Å²) in [6.07, 6.45) is 0. The zero-order chi connectivity index (χ0) is 34.1. The minimum Gasteiger partial charge on any atom is -0.310 e. The highest BCUT2D eigenvalue weighted by Crippen LogP contribution is 2.53. The first-order valence-corrected chi connectivity index (χ1v) is 18.5. The summed E-state index contributed by atoms with van der Waals surface area (Å²) in [6, 6.07) is 64.9. The van der Waals surface area contributed by atoms with Gasteiger partial charge in [0.15, 0.2) is 0 Å². The molecule has 242 valence electrons. The molecule has 0 radical (unpaired) electrons. The van der Waals surface area contributed by atoms with Crippen molar-refractivity contribution in [2.75, 3.05) is 4.90 Å². The van der Waals surface area contributed by atoms with Crippen LogP contribution < -0.4 is 4.90 Å². The van der Waals surface area contributed by atoms with Crippen molar-refractivity contribution in [1.82, 2.24) is 0 Å². The number of para-hydroxylation sites is 1. The Morgan fingerprint density at radius 1 is 0.412 bits per heavy atom. The largest absolute Gasteiger partial charge is 0.310 e. The highest BCUT2D eigenvalue weighted by molar-refractivity contribution is 7.25. The van der Waals surface area contributed by atoms with E-state index in [2.05, 4.69) is 195 Å². The fourth-order valence-corrected chi connectivity index (χ4v) is 9.45. The van der Waals surface area contributed by atoms with Crippen molar-refractivity contribution >= 4 is 59.3 Å². The standard InChI is InChI=1S/C49H35NS/c1-49(2)44-29-34-17-7-6-16-33(34)28-43(44)39-26-24-35(30-45(39)49)50(36-25-27-42-41-21-11-13-23-47(41)51-48(42)31-36)46-22-12-10-20-40(46)38-19-9-8-18-37(38)32-14-4-3-5-15-32/h3-31H,1-2H3. The van der Waals surface area contributed by atoms with Crippen molar-refractivity contribution in [1.29, 1.82) is 0 Å². The van der Waals surface area contributed by atoms with Gasteiger partial charge in [-0.15, -0.1) is 11.3 Å². The molecule has 0 saturated carbocycles. The number of fused-ring (bicyclic) bond motifs is 7. The molecule has 0 saturated heterocycles. The van der Waals surface area contributed by atoms with Crippen LogP contribution in [0.2, 0.25) is 0 Å². The Kier molecular flexibility index (Phi) is 6.78. The molecule has 1 nitrogen and oxygen atoms in total. The van der Waals surface area contributed by atoms with Gasteiger partial charge in [0.25, 0.3) is 0 Å². The van der Waals surface area contributed by atoms with Gasteiger partial charge in [0.05, 0.1) is 5.69 Å². The number of nitrogens with zero attached hydrogens (tertiary/aromatic N) is 1. The van der Waals surface area contributed by atoms with Gasteiger partial charge in [-0.2, -0.15) is 0 Å². The number of hydrogen-bond acceptors (Lipinski definition) is 2. The van der Waals surface area contributed by atoms with E-state index >= 15 is 0 Å². The van der Waals surface area contributed by atoms with E-state index in [9.17, 15) is 0 Å². The first kappa shape index (κ1) is 29.9. The lowest BCUT2D eigenvalue weighted by Crippen LogP contribution is -2.17. The van der Waals surface area contributed by atoms with Gasteiger partial charge < -0.3 is 4.90 Å². The van der Waals surface area contributed by atoms with E-state index in [0.717, 1.165) is 17.1 Å². The average Bonchev–Trinajstić information content (AvgIpc) is 3.65. The molecule has 1 heterocycles. The molecule has 0 amide bonds. The van der Waals surface area contributed by atoms with E-state index in [-0.39, 0.29) is 5.41 Å². The Balaban J connectivity index is 1.21. The normalized spacial score (nSPS) is 13.1. The zero-order valence-electron chi connectivity index (χ0n) is 28.6. The van der Waals surface area contributed by atoms with Crippen LogP contribution in [0.15, 0.2) is 176 Å². The van der Waals surface area contributed by atoms with Crippen LogP contribution in [-0.4, -0.2) is 0 Å². The van der Waals surface area contributed by atoms with Crippen LogP contribution in [0.5, 0.6) is 0 Å². The molecule has 51 heavy (non-hydrogen) atoms. The van der Waals surface area contributed by atoms with Gasteiger partial charge in [-0.05, 0) is 98.2 Å². The third-order valence-corrected chi connectivity index (χ3v) is 12.0. The van der Waals surface area contributed by atoms with Crippen molar-refractivity contribution in [2.24, 2.45) is 0 Å². The predicted molar refractivity (Wildman–Crippen MR) is 220 cm³/mol. The molecule has 10 rings (SSSR count). The summed E-state index contributed by atoms with van der Waals surface area (Å²) in [5.41, 5.74) is 13.6. The van der Waals surface area contributed by atoms with Crippen molar-refractivity contribution in [3.05, 3.63) is 187 Å². The minimum absolute atomic E-state index is 0.148. The zero-order valence-corrected chi connectivity index (χ0v) is 29.4. The average molecular weight is 670 g/mol. The number of thiophene rings is 1. The summed E-state index contributed by atoms with van der Waals surface area (Å²) in [5, 5.41) is 5.20. The summed E-state index contributed by atoms with van der Waals surface area (Å²) in [4.78, 5) is 2.48. The molecule has 0 atom stereocenters. The second-order valence-electron chi connectivity index (χ2n) is 14.1. The van der Waals surface area contributed by atoms with Gasteiger partial charge in [0.1, 0.15) is 0 Å². The van der Waals surface area contributed by atoms with Crippen molar-refractivity contribution < 1.29 is 0 Å². The van der Waals surface area contributed by atoms with Crippen LogP contribution in [0.4, 0.5) is 17.1 Å². The molecule has 0 unspecified atom stereocenters. The van der Waals surface area contributed by atoms with Gasteiger partial charge in [0, 0.05) is 42.5 Å². The summed E-state index contributed by atoms with van der Waals surface area (Å²) < 4.78 is 2.61. The van der Waals surface area contributed by atoms with E-state index in [1.54, 1.807) is 0 Å². The summed E-state index contributed by atoms with van der Waals surface area (Å²) in [5.74, 6) is 0. The maximum atomic E-state index is 2.48. The van der Waals surface area contributed by atoms with Crippen LogP contribution in [0.3, 0.4) is 0 Å². The molecule has 8 aromatic carbocycles. The quantitative estimate of drug-likeness (QED) is 0.176. The fraction of sp³-hybridized carbons (Fsp3) is 0.0612. The Morgan fingerprint density at radius 3 is 1.86 bits per heavy atom. The molecular formula is C49H35NS. The molecule has 0 N–H and O–H groups in total. The molecule has 1 aliphatic rings. The number of anilines is 3. The van der Waals surface area contributed by atoms with Crippen LogP contribution in [0.1, 0.15) is 25.0 Å². The van der Waals surface area contributed by atoms with Gasteiger partial charge in [-0.3, -0.25) is 0 Å². The van der Waals surface area contributed by atoms with Crippen LogP contribution in [0, 0.1) is 0 Å². The molecule has 9 aromatic rings. The molecule has 0 spiro atoms. The van der Waals surface area contributed by atoms with Gasteiger partial charge in [0.2, 0.25) is 0 Å². The summed E-state index contributed by atoms with van der Waals surface area (Å²) >= 11 is 1.87. The smallest absolute Gasteiger partial charge is 0.0540 e. The SMILES string of the molecule is CC1(C)c2cc(N(c3ccc4c(c3)sc3ccccc34)c3ccccc3-c3ccccc3-c3ccccc3)ccc2-c2cc3ccccc3cc21. The van der Waals surface area contributed by atoms with Gasteiger partial charge >= 0.3 is 0 Å². The first-order chi connectivity index (χ1) is 25.0. The maximum absolute atomic E-state index is 2.48. The maximum Gasteiger partial charge on any atom is 0.0540 e. The fourth-order valence-electron chi connectivity index (χ4n) is 8.31. The van der Waals surface area contributed by atoms with Crippen LogP contribution in [-0.2, 0) is 5.41 Å². The van der Waals surface area contributed by atoms with Crippen molar-refractivity contribution in [3.8, 4) is 33.4 Å². The molecule has 1 aromatic heterocycles. The molecular weight excluding hydrogens is 635 g/mol. The Morgan fingerprint density at radius 2 is 1.02 bits per heavy atom. The highest BCUT2D eigenvalue weighted by Gasteiger charge is 2.36. The summed E-state index contributed by atoms with van der Waals surface area (Å²) in [6.45, 7) is 4.77. The highest BCUT2D eigenvalue weighted by atomic mass is 32.1. The van der Waals surface area contributed by atoms with Crippen molar-refractivity contribution in [2.45, 2.75) is 19.3 Å². The molecule has 1 aliphatic carbocycles. The predicted octanol–water partition coefficient (Wildman–Crippen LogP) is 14.3. The Hall–Kier alpha value is -5.96. The van der Waals surface area contributed by atoms with E-state index in [1.807, 2.05) is 11.3 Å². The molecule has 0 aliphatic heterocycles. The topological polar surface area (TPSA) is 3.24 Å². The minimum atomic E-state index is -0.148. The van der Waals surface area contributed by atoms with Crippen LogP contribution in [0.25, 0.3) is 64.3 Å². The second-order valence-corrected chi connectivity index (χ2v) is 15.2. The third kappa shape index (κ3) is 4.75.